The van der Waals surface area contributed by atoms with Crippen molar-refractivity contribution in [2.45, 2.75) is 12.6 Å². The molecule has 0 saturated heterocycles. The third kappa shape index (κ3) is 4.76. The Morgan fingerprint density at radius 3 is 2.14 bits per heavy atom. The summed E-state index contributed by atoms with van der Waals surface area (Å²) >= 11 is 3.17. The molecule has 2 unspecified atom stereocenters. The van der Waals surface area contributed by atoms with Gasteiger partial charge in [-0.2, -0.15) is 0 Å². The first-order valence-electron chi connectivity index (χ1n) is 10.4. The molecule has 11 heteroatoms. The highest BCUT2D eigenvalue weighted by Crippen LogP contribution is 2.29. The summed E-state index contributed by atoms with van der Waals surface area (Å²) in [5.41, 5.74) is 0.562. The molecule has 35 heavy (non-hydrogen) atoms. The first-order valence-corrected chi connectivity index (χ1v) is 11.8. The number of nitrogens with zero attached hydrogens (tertiary/aromatic N) is 3. The third-order valence-corrected chi connectivity index (χ3v) is 6.64. The summed E-state index contributed by atoms with van der Waals surface area (Å²) in [6.07, 6.45) is -2.35. The number of benzene rings is 3. The standard InChI is InChI=1S/C24H20ClN3O6S/c1-26-20-5-3-2-4-19(20)23(31)27(24(26)32)21(14-22(29)30)28(35(33)34)18-12-8-16(9-13-18)15-6-10-17(25)11-7-15/h2-13,21H,14H2,1H3,(H,29,30)(H,33,34). The Bertz CT molecular complexity index is 1550. The molecule has 0 aliphatic carbocycles. The minimum absolute atomic E-state index is 0.150. The zero-order valence-corrected chi connectivity index (χ0v) is 19.9. The molecule has 4 rings (SSSR count). The second-order valence-corrected chi connectivity index (χ2v) is 9.01. The summed E-state index contributed by atoms with van der Waals surface area (Å²) < 4.78 is 25.4. The molecule has 2 N–H and O–H groups in total. The predicted molar refractivity (Wildman–Crippen MR) is 135 cm³/mol. The number of hydrogen-bond donors (Lipinski definition) is 2. The van der Waals surface area contributed by atoms with Crippen LogP contribution in [0, 0.1) is 0 Å². The van der Waals surface area contributed by atoms with Gasteiger partial charge in [-0.1, -0.05) is 48.0 Å². The second-order valence-electron chi connectivity index (χ2n) is 7.72. The fourth-order valence-electron chi connectivity index (χ4n) is 3.94. The van der Waals surface area contributed by atoms with Crippen molar-refractivity contribution in [3.05, 3.63) is 98.7 Å². The highest BCUT2D eigenvalue weighted by Gasteiger charge is 2.31. The molecule has 0 aliphatic rings. The minimum atomic E-state index is -2.77. The molecule has 1 heterocycles. The number of rotatable bonds is 7. The van der Waals surface area contributed by atoms with Crippen LogP contribution in [0.5, 0.6) is 0 Å². The fourth-order valence-corrected chi connectivity index (χ4v) is 4.74. The van der Waals surface area contributed by atoms with Crippen LogP contribution in [-0.2, 0) is 23.1 Å². The summed E-state index contributed by atoms with van der Waals surface area (Å²) in [4.78, 5) is 38.2. The van der Waals surface area contributed by atoms with Crippen molar-refractivity contribution in [3.8, 4) is 11.1 Å². The fraction of sp³-hybridized carbons (Fsp3) is 0.125. The van der Waals surface area contributed by atoms with Crippen LogP contribution < -0.4 is 15.6 Å². The quantitative estimate of drug-likeness (QED) is 0.364. The van der Waals surface area contributed by atoms with Gasteiger partial charge in [0.25, 0.3) is 16.8 Å². The van der Waals surface area contributed by atoms with Crippen molar-refractivity contribution >= 4 is 45.4 Å². The minimum Gasteiger partial charge on any atom is -0.481 e. The van der Waals surface area contributed by atoms with Crippen molar-refractivity contribution in [2.75, 3.05) is 4.31 Å². The lowest BCUT2D eigenvalue weighted by Crippen LogP contribution is -2.48. The third-order valence-electron chi connectivity index (χ3n) is 5.60. The number of carbonyl (C=O) groups is 1. The number of aromatic nitrogens is 2. The van der Waals surface area contributed by atoms with E-state index < -0.39 is 41.1 Å². The van der Waals surface area contributed by atoms with E-state index in [0.29, 0.717) is 15.1 Å². The van der Waals surface area contributed by atoms with Gasteiger partial charge in [-0.15, -0.1) is 0 Å². The summed E-state index contributed by atoms with van der Waals surface area (Å²) in [6, 6.07) is 19.8. The lowest BCUT2D eigenvalue weighted by Gasteiger charge is -2.30. The van der Waals surface area contributed by atoms with Crippen LogP contribution >= 0.6 is 11.6 Å². The molecule has 0 amide bonds. The molecule has 1 aromatic heterocycles. The largest absolute Gasteiger partial charge is 0.481 e. The van der Waals surface area contributed by atoms with E-state index in [4.69, 9.17) is 11.6 Å². The number of para-hydroxylation sites is 1. The van der Waals surface area contributed by atoms with E-state index >= 15 is 0 Å². The van der Waals surface area contributed by atoms with E-state index in [9.17, 15) is 28.3 Å². The maximum atomic E-state index is 13.3. The van der Waals surface area contributed by atoms with Crippen molar-refractivity contribution in [3.63, 3.8) is 0 Å². The zero-order chi connectivity index (χ0) is 25.3. The lowest BCUT2D eigenvalue weighted by atomic mass is 10.1. The van der Waals surface area contributed by atoms with E-state index in [1.54, 1.807) is 42.5 Å². The Balaban J connectivity index is 1.87. The monoisotopic (exact) mass is 513 g/mol. The molecule has 0 bridgehead atoms. The maximum Gasteiger partial charge on any atom is 0.332 e. The molecule has 9 nitrogen and oxygen atoms in total. The molecular formula is C24H20ClN3O6S. The van der Waals surface area contributed by atoms with Crippen LogP contribution in [0.4, 0.5) is 5.69 Å². The summed E-state index contributed by atoms with van der Waals surface area (Å²) in [7, 11) is 1.44. The van der Waals surface area contributed by atoms with Gasteiger partial charge >= 0.3 is 11.7 Å². The van der Waals surface area contributed by atoms with Crippen molar-refractivity contribution in [2.24, 2.45) is 7.05 Å². The molecule has 2 atom stereocenters. The Morgan fingerprint density at radius 1 is 1.00 bits per heavy atom. The molecule has 3 aromatic carbocycles. The van der Waals surface area contributed by atoms with Gasteiger partial charge < -0.3 is 5.11 Å². The van der Waals surface area contributed by atoms with Crippen LogP contribution in [0.25, 0.3) is 22.0 Å². The van der Waals surface area contributed by atoms with E-state index in [0.717, 1.165) is 15.4 Å². The van der Waals surface area contributed by atoms with Gasteiger partial charge in [-0.25, -0.2) is 17.9 Å². The Kier molecular flexibility index (Phi) is 6.88. The average Bonchev–Trinajstić information content (AvgIpc) is 2.83. The molecular weight excluding hydrogens is 494 g/mol. The van der Waals surface area contributed by atoms with E-state index in [-0.39, 0.29) is 11.1 Å². The number of carboxylic acids is 1. The van der Waals surface area contributed by atoms with Crippen LogP contribution in [-0.4, -0.2) is 29.0 Å². The topological polar surface area (TPSA) is 122 Å². The van der Waals surface area contributed by atoms with E-state index in [2.05, 4.69) is 0 Å². The van der Waals surface area contributed by atoms with Crippen LogP contribution in [0.1, 0.15) is 12.6 Å². The number of fused-ring (bicyclic) bond motifs is 1. The first-order chi connectivity index (χ1) is 16.7. The van der Waals surface area contributed by atoms with Crippen molar-refractivity contribution in [1.82, 2.24) is 9.13 Å². The number of carboxylic acid groups (broad SMARTS) is 1. The number of hydrogen-bond acceptors (Lipinski definition) is 4. The van der Waals surface area contributed by atoms with Gasteiger partial charge in [0.05, 0.1) is 23.0 Å². The number of anilines is 1. The smallest absolute Gasteiger partial charge is 0.332 e. The van der Waals surface area contributed by atoms with Crippen molar-refractivity contribution in [1.29, 1.82) is 0 Å². The molecule has 4 aromatic rings. The SMILES string of the molecule is Cn1c(=O)n(C(CC(=O)O)N(c2ccc(-c3ccc(Cl)cc3)cc2)S(=O)O)c(=O)c2ccccc21. The Labute approximate surface area is 206 Å². The molecule has 0 spiro atoms. The number of aliphatic carboxylic acids is 1. The predicted octanol–water partition coefficient (Wildman–Crippen LogP) is 3.64. The van der Waals surface area contributed by atoms with Crippen LogP contribution in [0.15, 0.2) is 82.4 Å². The van der Waals surface area contributed by atoms with Gasteiger partial charge in [-0.05, 0) is 47.5 Å². The van der Waals surface area contributed by atoms with Crippen molar-refractivity contribution < 1.29 is 18.7 Å². The van der Waals surface area contributed by atoms with Crippen LogP contribution in [0.3, 0.4) is 0 Å². The van der Waals surface area contributed by atoms with Gasteiger partial charge in [0.1, 0.15) is 6.17 Å². The summed E-state index contributed by atoms with van der Waals surface area (Å²) in [6.45, 7) is 0. The highest BCUT2D eigenvalue weighted by atomic mass is 35.5. The maximum absolute atomic E-state index is 13.3. The Hall–Kier alpha value is -3.73. The van der Waals surface area contributed by atoms with Crippen LogP contribution in [0.2, 0.25) is 5.02 Å². The highest BCUT2D eigenvalue weighted by molar-refractivity contribution is 7.80. The zero-order valence-electron chi connectivity index (χ0n) is 18.4. The Morgan fingerprint density at radius 2 is 1.57 bits per heavy atom. The lowest BCUT2D eigenvalue weighted by molar-refractivity contribution is -0.137. The van der Waals surface area contributed by atoms with E-state index in [1.807, 2.05) is 12.1 Å². The van der Waals surface area contributed by atoms with Gasteiger partial charge in [-0.3, -0.25) is 18.7 Å². The van der Waals surface area contributed by atoms with Gasteiger partial charge in [0.2, 0.25) is 0 Å². The molecule has 0 aliphatic heterocycles. The normalized spacial score (nSPS) is 12.9. The molecule has 0 fully saturated rings. The van der Waals surface area contributed by atoms with Gasteiger partial charge in [0.15, 0.2) is 0 Å². The first kappa shape index (κ1) is 24.4. The average molecular weight is 514 g/mol. The molecule has 0 saturated carbocycles. The summed E-state index contributed by atoms with van der Waals surface area (Å²) in [5.74, 6) is -1.36. The second kappa shape index (κ2) is 9.87. The van der Waals surface area contributed by atoms with Gasteiger partial charge in [0, 0.05) is 12.1 Å². The van der Waals surface area contributed by atoms with E-state index in [1.165, 1.54) is 29.8 Å². The number of aryl methyl sites for hydroxylation is 1. The molecule has 0 radical (unpaired) electrons. The molecule has 180 valence electrons. The summed E-state index contributed by atoms with van der Waals surface area (Å²) in [5, 5.41) is 10.3. The number of halogens is 1.